The van der Waals surface area contributed by atoms with Crippen molar-refractivity contribution in [1.29, 1.82) is 0 Å². The van der Waals surface area contributed by atoms with Crippen LogP contribution in [0.1, 0.15) is 0 Å². The molecule has 6 heteroatoms. The van der Waals surface area contributed by atoms with E-state index in [9.17, 15) is 4.79 Å². The van der Waals surface area contributed by atoms with Crippen LogP contribution in [0.15, 0.2) is 78.9 Å². The minimum absolute atomic E-state index is 0.128. The van der Waals surface area contributed by atoms with E-state index in [1.54, 1.807) is 18.2 Å². The molecule has 5 rings (SSSR count). The van der Waals surface area contributed by atoms with Gasteiger partial charge in [0.25, 0.3) is 5.91 Å². The minimum atomic E-state index is -0.268. The van der Waals surface area contributed by atoms with E-state index < -0.39 is 0 Å². The number of carbonyl (C=O) groups excluding carboxylic acids is 1. The molecular formula is C24H18N2O4. The number of benzene rings is 3. The van der Waals surface area contributed by atoms with E-state index in [2.05, 4.69) is 5.32 Å². The Bertz CT molecular complexity index is 1220. The van der Waals surface area contributed by atoms with Crippen LogP contribution in [0.2, 0.25) is 0 Å². The molecule has 0 fully saturated rings. The van der Waals surface area contributed by atoms with Gasteiger partial charge in [0.15, 0.2) is 18.1 Å². The molecule has 0 atom stereocenters. The molecule has 0 saturated carbocycles. The van der Waals surface area contributed by atoms with Gasteiger partial charge in [-0.15, -0.1) is 0 Å². The Morgan fingerprint density at radius 2 is 1.73 bits per heavy atom. The Balaban J connectivity index is 1.36. The van der Waals surface area contributed by atoms with E-state index in [0.717, 1.165) is 22.2 Å². The molecule has 0 aliphatic carbocycles. The summed E-state index contributed by atoms with van der Waals surface area (Å²) in [6, 6.07) is 24.7. The van der Waals surface area contributed by atoms with Gasteiger partial charge in [0.2, 0.25) is 6.79 Å². The van der Waals surface area contributed by atoms with Gasteiger partial charge in [-0.2, -0.15) is 0 Å². The zero-order valence-electron chi connectivity index (χ0n) is 16.0. The first-order valence-corrected chi connectivity index (χ1v) is 9.54. The fraction of sp³-hybridized carbons (Fsp3) is 0.0833. The normalized spacial score (nSPS) is 12.0. The van der Waals surface area contributed by atoms with Crippen molar-refractivity contribution in [2.75, 3.05) is 18.7 Å². The predicted molar refractivity (Wildman–Crippen MR) is 114 cm³/mol. The number of amides is 1. The van der Waals surface area contributed by atoms with Crippen LogP contribution in [0.5, 0.6) is 17.2 Å². The second-order valence-electron chi connectivity index (χ2n) is 6.79. The van der Waals surface area contributed by atoms with Gasteiger partial charge in [0.05, 0.1) is 11.2 Å². The molecule has 0 unspecified atom stereocenters. The van der Waals surface area contributed by atoms with Crippen molar-refractivity contribution in [3.8, 4) is 28.5 Å². The first kappa shape index (κ1) is 18.0. The fourth-order valence-corrected chi connectivity index (χ4v) is 3.33. The lowest BCUT2D eigenvalue weighted by atomic mass is 10.1. The number of hydrogen-bond donors (Lipinski definition) is 1. The Morgan fingerprint density at radius 1 is 0.933 bits per heavy atom. The van der Waals surface area contributed by atoms with Crippen molar-refractivity contribution < 1.29 is 19.0 Å². The maximum Gasteiger partial charge on any atom is 0.262 e. The van der Waals surface area contributed by atoms with Gasteiger partial charge < -0.3 is 19.5 Å². The van der Waals surface area contributed by atoms with Crippen LogP contribution < -0.4 is 19.5 Å². The number of carbonyl (C=O) groups is 1. The third kappa shape index (κ3) is 3.63. The quantitative estimate of drug-likeness (QED) is 0.530. The number of nitrogens with zero attached hydrogens (tertiary/aromatic N) is 1. The molecule has 1 aliphatic heterocycles. The fourth-order valence-electron chi connectivity index (χ4n) is 3.33. The van der Waals surface area contributed by atoms with Gasteiger partial charge in [0, 0.05) is 28.8 Å². The number of nitrogens with one attached hydrogen (secondary N) is 1. The van der Waals surface area contributed by atoms with E-state index in [0.29, 0.717) is 22.9 Å². The van der Waals surface area contributed by atoms with Gasteiger partial charge >= 0.3 is 0 Å². The van der Waals surface area contributed by atoms with Crippen molar-refractivity contribution in [3.05, 3.63) is 78.9 Å². The average molecular weight is 398 g/mol. The highest BCUT2D eigenvalue weighted by Crippen LogP contribution is 2.34. The standard InChI is InChI=1S/C24H18N2O4/c27-24(25-17-10-11-21-23(12-17)30-15-29-21)14-28-22-13-20(16-6-2-1-3-7-16)26-19-9-5-4-8-18(19)22/h1-13H,14-15H2,(H,25,27). The maximum atomic E-state index is 12.5. The number of hydrogen-bond acceptors (Lipinski definition) is 5. The number of pyridine rings is 1. The molecule has 0 radical (unpaired) electrons. The van der Waals surface area contributed by atoms with Crippen LogP contribution in [0.25, 0.3) is 22.2 Å². The van der Waals surface area contributed by atoms with Gasteiger partial charge in [-0.1, -0.05) is 42.5 Å². The Morgan fingerprint density at radius 3 is 2.63 bits per heavy atom. The number of para-hydroxylation sites is 1. The molecule has 3 aromatic carbocycles. The smallest absolute Gasteiger partial charge is 0.262 e. The molecule has 1 amide bonds. The molecule has 1 aromatic heterocycles. The summed E-state index contributed by atoms with van der Waals surface area (Å²) in [7, 11) is 0. The monoisotopic (exact) mass is 398 g/mol. The average Bonchev–Trinajstić information content (AvgIpc) is 3.26. The molecule has 0 bridgehead atoms. The topological polar surface area (TPSA) is 69.7 Å². The molecule has 6 nitrogen and oxygen atoms in total. The molecule has 0 spiro atoms. The van der Waals surface area contributed by atoms with Crippen molar-refractivity contribution in [1.82, 2.24) is 4.98 Å². The molecule has 1 aliphatic rings. The van der Waals surface area contributed by atoms with Crippen molar-refractivity contribution >= 4 is 22.5 Å². The first-order valence-electron chi connectivity index (χ1n) is 9.54. The summed E-state index contributed by atoms with van der Waals surface area (Å²) in [4.78, 5) is 17.2. The van der Waals surface area contributed by atoms with E-state index in [4.69, 9.17) is 19.2 Å². The van der Waals surface area contributed by atoms with Crippen LogP contribution in [-0.4, -0.2) is 24.3 Å². The van der Waals surface area contributed by atoms with E-state index in [-0.39, 0.29) is 19.3 Å². The zero-order chi connectivity index (χ0) is 20.3. The van der Waals surface area contributed by atoms with Crippen molar-refractivity contribution in [2.45, 2.75) is 0 Å². The van der Waals surface area contributed by atoms with Crippen LogP contribution in [0, 0.1) is 0 Å². The number of anilines is 1. The molecular weight excluding hydrogens is 380 g/mol. The van der Waals surface area contributed by atoms with E-state index in [1.165, 1.54) is 0 Å². The maximum absolute atomic E-state index is 12.5. The number of rotatable bonds is 5. The molecule has 30 heavy (non-hydrogen) atoms. The van der Waals surface area contributed by atoms with Crippen LogP contribution >= 0.6 is 0 Å². The summed E-state index contributed by atoms with van der Waals surface area (Å²) < 4.78 is 16.5. The highest BCUT2D eigenvalue weighted by molar-refractivity contribution is 5.93. The Kier molecular flexibility index (Phi) is 4.65. The molecule has 148 valence electrons. The number of ether oxygens (including phenoxy) is 3. The molecule has 1 N–H and O–H groups in total. The molecule has 0 saturated heterocycles. The van der Waals surface area contributed by atoms with Crippen LogP contribution in [-0.2, 0) is 4.79 Å². The van der Waals surface area contributed by atoms with Gasteiger partial charge in [-0.05, 0) is 24.3 Å². The molecule has 4 aromatic rings. The van der Waals surface area contributed by atoms with Gasteiger partial charge in [-0.3, -0.25) is 4.79 Å². The second-order valence-corrected chi connectivity index (χ2v) is 6.79. The molecule has 2 heterocycles. The minimum Gasteiger partial charge on any atom is -0.483 e. The van der Waals surface area contributed by atoms with Crippen LogP contribution in [0.3, 0.4) is 0 Å². The SMILES string of the molecule is O=C(COc1cc(-c2ccccc2)nc2ccccc12)Nc1ccc2c(c1)OCO2. The van der Waals surface area contributed by atoms with Crippen LogP contribution in [0.4, 0.5) is 5.69 Å². The third-order valence-corrected chi connectivity index (χ3v) is 4.76. The van der Waals surface area contributed by atoms with Crippen molar-refractivity contribution in [2.24, 2.45) is 0 Å². The van der Waals surface area contributed by atoms with E-state index in [1.807, 2.05) is 60.7 Å². The highest BCUT2D eigenvalue weighted by atomic mass is 16.7. The summed E-state index contributed by atoms with van der Waals surface area (Å²) in [6.07, 6.45) is 0. The summed E-state index contributed by atoms with van der Waals surface area (Å²) >= 11 is 0. The number of fused-ring (bicyclic) bond motifs is 2. The van der Waals surface area contributed by atoms with Crippen molar-refractivity contribution in [3.63, 3.8) is 0 Å². The lowest BCUT2D eigenvalue weighted by Gasteiger charge is -2.12. The summed E-state index contributed by atoms with van der Waals surface area (Å²) in [5.41, 5.74) is 3.21. The predicted octanol–water partition coefficient (Wildman–Crippen LogP) is 4.65. The lowest BCUT2D eigenvalue weighted by Crippen LogP contribution is -2.20. The number of aromatic nitrogens is 1. The highest BCUT2D eigenvalue weighted by Gasteiger charge is 2.15. The Hall–Kier alpha value is -4.06. The van der Waals surface area contributed by atoms with E-state index >= 15 is 0 Å². The largest absolute Gasteiger partial charge is 0.483 e. The summed E-state index contributed by atoms with van der Waals surface area (Å²) in [5.74, 6) is 1.62. The van der Waals surface area contributed by atoms with Gasteiger partial charge in [0.1, 0.15) is 5.75 Å². The zero-order valence-corrected chi connectivity index (χ0v) is 16.0. The Labute approximate surface area is 173 Å². The van der Waals surface area contributed by atoms with Gasteiger partial charge in [-0.25, -0.2) is 4.98 Å². The first-order chi connectivity index (χ1) is 14.8. The summed E-state index contributed by atoms with van der Waals surface area (Å²) in [5, 5.41) is 3.68. The second kappa shape index (κ2) is 7.75. The summed E-state index contributed by atoms with van der Waals surface area (Å²) in [6.45, 7) is 0.0609. The lowest BCUT2D eigenvalue weighted by molar-refractivity contribution is -0.118. The third-order valence-electron chi connectivity index (χ3n) is 4.76.